The second kappa shape index (κ2) is 4.81. The molecule has 2 atom stereocenters. The Labute approximate surface area is 111 Å². The van der Waals surface area contributed by atoms with Gasteiger partial charge in [-0.3, -0.25) is 4.79 Å². The van der Waals surface area contributed by atoms with Crippen LogP contribution >= 0.6 is 15.9 Å². The Morgan fingerprint density at radius 1 is 1.61 bits per heavy atom. The zero-order chi connectivity index (χ0) is 13.3. The lowest BCUT2D eigenvalue weighted by atomic mass is 10.1. The molecule has 0 bridgehead atoms. The van der Waals surface area contributed by atoms with E-state index >= 15 is 0 Å². The van der Waals surface area contributed by atoms with Gasteiger partial charge in [0.1, 0.15) is 6.04 Å². The standard InChI is InChI=1S/C10H11BrN4O3/c1-4-7(14-10(17)18)9(16)15-8-6(13-4)2-5(11)3-12-8/h2-4,7,13-14H,1H3,(H,17,18)(H,12,15,16)/t4-,7+/m1/s1. The van der Waals surface area contributed by atoms with E-state index in [1.54, 1.807) is 19.2 Å². The number of amides is 2. The van der Waals surface area contributed by atoms with Crippen molar-refractivity contribution in [1.82, 2.24) is 10.3 Å². The van der Waals surface area contributed by atoms with Crippen molar-refractivity contribution in [2.24, 2.45) is 0 Å². The van der Waals surface area contributed by atoms with Gasteiger partial charge in [0.15, 0.2) is 5.82 Å². The predicted molar refractivity (Wildman–Crippen MR) is 68.6 cm³/mol. The monoisotopic (exact) mass is 314 g/mol. The van der Waals surface area contributed by atoms with Crippen LogP contribution in [0, 0.1) is 0 Å². The minimum atomic E-state index is -1.25. The van der Waals surface area contributed by atoms with Gasteiger partial charge in [-0.05, 0) is 28.9 Å². The SMILES string of the molecule is C[C@H]1Nc2cc(Br)cnc2NC(=O)[C@H]1NC(=O)O. The maximum absolute atomic E-state index is 11.9. The molecule has 1 aliphatic heterocycles. The quantitative estimate of drug-likeness (QED) is 0.624. The van der Waals surface area contributed by atoms with Crippen LogP contribution in [0.25, 0.3) is 0 Å². The van der Waals surface area contributed by atoms with Crippen molar-refractivity contribution in [2.45, 2.75) is 19.0 Å². The number of nitrogens with zero attached hydrogens (tertiary/aromatic N) is 1. The van der Waals surface area contributed by atoms with Crippen molar-refractivity contribution in [2.75, 3.05) is 10.6 Å². The molecule has 2 rings (SSSR count). The summed E-state index contributed by atoms with van der Waals surface area (Å²) in [6.07, 6.45) is 0.306. The number of halogens is 1. The van der Waals surface area contributed by atoms with Crippen molar-refractivity contribution < 1.29 is 14.7 Å². The van der Waals surface area contributed by atoms with Gasteiger partial charge in [0.2, 0.25) is 5.91 Å². The van der Waals surface area contributed by atoms with Gasteiger partial charge < -0.3 is 21.1 Å². The lowest BCUT2D eigenvalue weighted by Gasteiger charge is -2.20. The van der Waals surface area contributed by atoms with Crippen molar-refractivity contribution in [1.29, 1.82) is 0 Å². The minimum absolute atomic E-state index is 0.379. The third kappa shape index (κ3) is 2.53. The maximum Gasteiger partial charge on any atom is 0.405 e. The number of nitrogens with one attached hydrogen (secondary N) is 3. The molecule has 0 radical (unpaired) electrons. The van der Waals surface area contributed by atoms with Gasteiger partial charge in [0.05, 0.1) is 11.7 Å². The topological polar surface area (TPSA) is 103 Å². The summed E-state index contributed by atoms with van der Waals surface area (Å²) in [6, 6.07) is 0.497. The Hall–Kier alpha value is -1.83. The summed E-state index contributed by atoms with van der Waals surface area (Å²) in [4.78, 5) is 26.6. The molecule has 7 nitrogen and oxygen atoms in total. The number of hydrogen-bond donors (Lipinski definition) is 4. The van der Waals surface area contributed by atoms with Crippen LogP contribution in [0.3, 0.4) is 0 Å². The van der Waals surface area contributed by atoms with Gasteiger partial charge >= 0.3 is 6.09 Å². The Bertz CT molecular complexity index is 508. The number of aromatic nitrogens is 1. The van der Waals surface area contributed by atoms with Crippen molar-refractivity contribution in [3.8, 4) is 0 Å². The molecule has 4 N–H and O–H groups in total. The first-order valence-corrected chi connectivity index (χ1v) is 5.99. The molecule has 0 spiro atoms. The first-order valence-electron chi connectivity index (χ1n) is 5.20. The Morgan fingerprint density at radius 2 is 2.33 bits per heavy atom. The van der Waals surface area contributed by atoms with Gasteiger partial charge in [0.25, 0.3) is 0 Å². The minimum Gasteiger partial charge on any atom is -0.465 e. The summed E-state index contributed by atoms with van der Waals surface area (Å²) in [5.74, 6) is -0.0595. The highest BCUT2D eigenvalue weighted by Gasteiger charge is 2.31. The molecule has 1 aromatic heterocycles. The lowest BCUT2D eigenvalue weighted by molar-refractivity contribution is -0.118. The molecule has 1 aliphatic rings. The number of fused-ring (bicyclic) bond motifs is 1. The van der Waals surface area contributed by atoms with Gasteiger partial charge in [-0.2, -0.15) is 0 Å². The van der Waals surface area contributed by atoms with Crippen LogP contribution in [-0.4, -0.2) is 34.2 Å². The normalized spacial score (nSPS) is 22.2. The molecule has 96 valence electrons. The van der Waals surface area contributed by atoms with Crippen molar-refractivity contribution >= 4 is 39.4 Å². The van der Waals surface area contributed by atoms with Crippen LogP contribution in [-0.2, 0) is 4.79 Å². The van der Waals surface area contributed by atoms with E-state index in [2.05, 4.69) is 36.9 Å². The van der Waals surface area contributed by atoms with Gasteiger partial charge in [0, 0.05) is 10.7 Å². The van der Waals surface area contributed by atoms with Gasteiger partial charge in [-0.1, -0.05) is 0 Å². The first-order chi connectivity index (χ1) is 8.47. The summed E-state index contributed by atoms with van der Waals surface area (Å²) < 4.78 is 0.764. The van der Waals surface area contributed by atoms with E-state index < -0.39 is 24.1 Å². The fourth-order valence-corrected chi connectivity index (χ4v) is 2.05. The smallest absolute Gasteiger partial charge is 0.405 e. The summed E-state index contributed by atoms with van der Waals surface area (Å²) in [5, 5.41) is 16.5. The Kier molecular flexibility index (Phi) is 3.37. The molecule has 0 aromatic carbocycles. The van der Waals surface area contributed by atoms with Gasteiger partial charge in [-0.15, -0.1) is 0 Å². The van der Waals surface area contributed by atoms with E-state index in [1.807, 2.05) is 0 Å². The lowest BCUT2D eigenvalue weighted by Crippen LogP contribution is -2.50. The summed E-state index contributed by atoms with van der Waals surface area (Å²) in [5.41, 5.74) is 0.639. The number of rotatable bonds is 1. The van der Waals surface area contributed by atoms with Crippen molar-refractivity contribution in [3.05, 3.63) is 16.7 Å². The highest BCUT2D eigenvalue weighted by molar-refractivity contribution is 9.10. The molecule has 2 amide bonds. The molecule has 1 aromatic rings. The molecule has 0 aliphatic carbocycles. The number of anilines is 2. The van der Waals surface area contributed by atoms with Crippen molar-refractivity contribution in [3.63, 3.8) is 0 Å². The summed E-state index contributed by atoms with van der Waals surface area (Å²) in [6.45, 7) is 1.72. The fraction of sp³-hybridized carbons (Fsp3) is 0.300. The van der Waals surface area contributed by atoms with Crippen LogP contribution in [0.5, 0.6) is 0 Å². The second-order valence-corrected chi connectivity index (χ2v) is 4.81. The number of hydrogen-bond acceptors (Lipinski definition) is 4. The molecule has 0 saturated carbocycles. The average molecular weight is 315 g/mol. The summed E-state index contributed by atoms with van der Waals surface area (Å²) >= 11 is 3.28. The largest absolute Gasteiger partial charge is 0.465 e. The first kappa shape index (κ1) is 12.6. The van der Waals surface area contributed by atoms with E-state index in [1.165, 1.54) is 0 Å². The van der Waals surface area contributed by atoms with Gasteiger partial charge in [-0.25, -0.2) is 9.78 Å². The third-order valence-corrected chi connectivity index (χ3v) is 2.97. The van der Waals surface area contributed by atoms with Crippen LogP contribution in [0.1, 0.15) is 6.92 Å². The Morgan fingerprint density at radius 3 is 3.00 bits per heavy atom. The maximum atomic E-state index is 11.9. The average Bonchev–Trinajstić information content (AvgIpc) is 2.38. The van der Waals surface area contributed by atoms with E-state index in [-0.39, 0.29) is 0 Å². The van der Waals surface area contributed by atoms with Crippen LogP contribution in [0.4, 0.5) is 16.3 Å². The van der Waals surface area contributed by atoms with Crippen LogP contribution < -0.4 is 16.0 Å². The van der Waals surface area contributed by atoms with E-state index in [0.29, 0.717) is 11.5 Å². The van der Waals surface area contributed by atoms with Crippen LogP contribution in [0.2, 0.25) is 0 Å². The highest BCUT2D eigenvalue weighted by atomic mass is 79.9. The molecule has 2 heterocycles. The zero-order valence-electron chi connectivity index (χ0n) is 9.40. The number of carbonyl (C=O) groups is 2. The molecule has 0 fully saturated rings. The fourth-order valence-electron chi connectivity index (χ4n) is 1.72. The van der Waals surface area contributed by atoms with E-state index in [4.69, 9.17) is 5.11 Å². The molecule has 0 saturated heterocycles. The molecule has 0 unspecified atom stereocenters. The summed E-state index contributed by atoms with van der Waals surface area (Å²) in [7, 11) is 0. The molecule has 8 heteroatoms. The molecular formula is C10H11BrN4O3. The third-order valence-electron chi connectivity index (χ3n) is 2.54. The predicted octanol–water partition coefficient (Wildman–Crippen LogP) is 1.23. The molecular weight excluding hydrogens is 304 g/mol. The number of carboxylic acid groups (broad SMARTS) is 1. The zero-order valence-corrected chi connectivity index (χ0v) is 11.0. The number of carbonyl (C=O) groups excluding carboxylic acids is 1. The van der Waals surface area contributed by atoms with E-state index in [0.717, 1.165) is 4.47 Å². The highest BCUT2D eigenvalue weighted by Crippen LogP contribution is 2.26. The molecule has 18 heavy (non-hydrogen) atoms. The van der Waals surface area contributed by atoms with Crippen LogP contribution in [0.15, 0.2) is 16.7 Å². The second-order valence-electron chi connectivity index (χ2n) is 3.90. The number of pyridine rings is 1. The Balaban J connectivity index is 2.31. The van der Waals surface area contributed by atoms with E-state index in [9.17, 15) is 9.59 Å².